The second kappa shape index (κ2) is 3.02. The summed E-state index contributed by atoms with van der Waals surface area (Å²) in [4.78, 5) is 8.45. The zero-order chi connectivity index (χ0) is 10.3. The summed E-state index contributed by atoms with van der Waals surface area (Å²) in [7, 11) is 0. The van der Waals surface area contributed by atoms with Crippen molar-refractivity contribution in [3.63, 3.8) is 0 Å². The molecule has 2 nitrogen and oxygen atoms in total. The Balaban J connectivity index is 2.55. The Kier molecular flexibility index (Phi) is 1.68. The number of aryl methyl sites for hydroxylation is 1. The number of benzene rings is 1. The minimum Gasteiger partial charge on any atom is -0.264 e. The van der Waals surface area contributed by atoms with Crippen LogP contribution < -0.4 is 0 Å². The predicted molar refractivity (Wildman–Crippen MR) is 61.8 cm³/mol. The summed E-state index contributed by atoms with van der Waals surface area (Å²) in [6, 6.07) is 8.36. The summed E-state index contributed by atoms with van der Waals surface area (Å²) in [5, 5.41) is 4.81. The SMILES string of the molecule is Cc1cc2ccc3cnccc3c2cn1. The van der Waals surface area contributed by atoms with Crippen molar-refractivity contribution in [2.75, 3.05) is 0 Å². The Labute approximate surface area is 87.6 Å². The maximum absolute atomic E-state index is 4.34. The summed E-state index contributed by atoms with van der Waals surface area (Å²) in [5.74, 6) is 0. The average molecular weight is 194 g/mol. The second-order valence-corrected chi connectivity index (χ2v) is 3.71. The van der Waals surface area contributed by atoms with E-state index in [0.717, 1.165) is 11.1 Å². The number of hydrogen-bond donors (Lipinski definition) is 0. The van der Waals surface area contributed by atoms with Crippen molar-refractivity contribution in [3.8, 4) is 0 Å². The minimum atomic E-state index is 1.05. The van der Waals surface area contributed by atoms with Gasteiger partial charge in [0, 0.05) is 35.1 Å². The maximum Gasteiger partial charge on any atom is 0.0379 e. The van der Waals surface area contributed by atoms with Crippen molar-refractivity contribution in [2.45, 2.75) is 6.92 Å². The third-order valence-electron chi connectivity index (χ3n) is 2.66. The van der Waals surface area contributed by atoms with Gasteiger partial charge in [-0.05, 0) is 29.8 Å². The van der Waals surface area contributed by atoms with Crippen molar-refractivity contribution in [1.82, 2.24) is 9.97 Å². The topological polar surface area (TPSA) is 25.8 Å². The van der Waals surface area contributed by atoms with Crippen LogP contribution in [0.3, 0.4) is 0 Å². The Morgan fingerprint density at radius 2 is 1.80 bits per heavy atom. The van der Waals surface area contributed by atoms with Crippen molar-refractivity contribution in [3.05, 3.63) is 48.5 Å². The molecule has 0 bridgehead atoms. The summed E-state index contributed by atoms with van der Waals surface area (Å²) in [6.07, 6.45) is 5.64. The average Bonchev–Trinajstić information content (AvgIpc) is 2.28. The van der Waals surface area contributed by atoms with Crippen LogP contribution in [-0.4, -0.2) is 9.97 Å². The van der Waals surface area contributed by atoms with Gasteiger partial charge in [0.25, 0.3) is 0 Å². The van der Waals surface area contributed by atoms with Crippen LogP contribution in [0.1, 0.15) is 5.69 Å². The van der Waals surface area contributed by atoms with Gasteiger partial charge < -0.3 is 0 Å². The van der Waals surface area contributed by atoms with E-state index in [-0.39, 0.29) is 0 Å². The molecule has 0 saturated carbocycles. The summed E-state index contributed by atoms with van der Waals surface area (Å²) in [5.41, 5.74) is 1.05. The van der Waals surface area contributed by atoms with Gasteiger partial charge in [0.05, 0.1) is 0 Å². The van der Waals surface area contributed by atoms with E-state index in [1.807, 2.05) is 31.6 Å². The van der Waals surface area contributed by atoms with Gasteiger partial charge in [-0.25, -0.2) is 0 Å². The van der Waals surface area contributed by atoms with E-state index in [0.29, 0.717) is 0 Å². The van der Waals surface area contributed by atoms with Crippen LogP contribution in [0.15, 0.2) is 42.9 Å². The molecule has 0 unspecified atom stereocenters. The number of fused-ring (bicyclic) bond motifs is 3. The number of aromatic nitrogens is 2. The molecule has 0 saturated heterocycles. The van der Waals surface area contributed by atoms with E-state index in [4.69, 9.17) is 0 Å². The first kappa shape index (κ1) is 8.36. The van der Waals surface area contributed by atoms with E-state index >= 15 is 0 Å². The molecule has 72 valence electrons. The number of hydrogen-bond acceptors (Lipinski definition) is 2. The van der Waals surface area contributed by atoms with Gasteiger partial charge >= 0.3 is 0 Å². The lowest BCUT2D eigenvalue weighted by Crippen LogP contribution is -1.83. The highest BCUT2D eigenvalue weighted by atomic mass is 14.7. The highest BCUT2D eigenvalue weighted by Gasteiger charge is 2.00. The van der Waals surface area contributed by atoms with E-state index in [1.54, 1.807) is 0 Å². The van der Waals surface area contributed by atoms with E-state index < -0.39 is 0 Å². The Hall–Kier alpha value is -1.96. The van der Waals surface area contributed by atoms with Gasteiger partial charge in [-0.3, -0.25) is 9.97 Å². The number of rotatable bonds is 0. The predicted octanol–water partition coefficient (Wildman–Crippen LogP) is 3.09. The molecule has 2 aromatic heterocycles. The highest BCUT2D eigenvalue weighted by Crippen LogP contribution is 2.23. The van der Waals surface area contributed by atoms with E-state index in [9.17, 15) is 0 Å². The molecule has 0 aliphatic rings. The summed E-state index contributed by atoms with van der Waals surface area (Å²) < 4.78 is 0. The van der Waals surface area contributed by atoms with Gasteiger partial charge in [-0.1, -0.05) is 12.1 Å². The third-order valence-corrected chi connectivity index (χ3v) is 2.66. The molecular formula is C13H10N2. The fraction of sp³-hybridized carbons (Fsp3) is 0.0769. The molecule has 0 fully saturated rings. The molecular weight excluding hydrogens is 184 g/mol. The van der Waals surface area contributed by atoms with Crippen molar-refractivity contribution >= 4 is 21.5 Å². The maximum atomic E-state index is 4.34. The smallest absolute Gasteiger partial charge is 0.0379 e. The molecule has 0 N–H and O–H groups in total. The molecule has 0 aliphatic carbocycles. The fourth-order valence-corrected chi connectivity index (χ4v) is 1.91. The molecule has 0 radical (unpaired) electrons. The largest absolute Gasteiger partial charge is 0.264 e. The molecule has 0 atom stereocenters. The minimum absolute atomic E-state index is 1.05. The number of nitrogens with zero attached hydrogens (tertiary/aromatic N) is 2. The molecule has 2 heteroatoms. The summed E-state index contributed by atoms with van der Waals surface area (Å²) >= 11 is 0. The summed E-state index contributed by atoms with van der Waals surface area (Å²) in [6.45, 7) is 2.01. The van der Waals surface area contributed by atoms with E-state index in [2.05, 4.69) is 28.2 Å². The highest BCUT2D eigenvalue weighted by molar-refractivity contribution is 6.06. The monoisotopic (exact) mass is 194 g/mol. The molecule has 1 aromatic carbocycles. The van der Waals surface area contributed by atoms with Gasteiger partial charge in [0.1, 0.15) is 0 Å². The number of pyridine rings is 2. The van der Waals surface area contributed by atoms with Crippen LogP contribution in [0.4, 0.5) is 0 Å². The Bertz CT molecular complexity index is 644. The first-order valence-corrected chi connectivity index (χ1v) is 4.94. The Morgan fingerprint density at radius 1 is 0.933 bits per heavy atom. The molecule has 15 heavy (non-hydrogen) atoms. The molecule has 2 heterocycles. The van der Waals surface area contributed by atoms with Gasteiger partial charge in [0.2, 0.25) is 0 Å². The normalized spacial score (nSPS) is 11.0. The lowest BCUT2D eigenvalue weighted by molar-refractivity contribution is 1.23. The molecule has 0 spiro atoms. The van der Waals surface area contributed by atoms with Crippen LogP contribution in [-0.2, 0) is 0 Å². The Morgan fingerprint density at radius 3 is 2.73 bits per heavy atom. The van der Waals surface area contributed by atoms with Crippen LogP contribution in [0.5, 0.6) is 0 Å². The third kappa shape index (κ3) is 1.26. The van der Waals surface area contributed by atoms with Crippen LogP contribution in [0.25, 0.3) is 21.5 Å². The first-order valence-electron chi connectivity index (χ1n) is 4.94. The van der Waals surface area contributed by atoms with Crippen LogP contribution in [0.2, 0.25) is 0 Å². The van der Waals surface area contributed by atoms with Crippen molar-refractivity contribution in [1.29, 1.82) is 0 Å². The van der Waals surface area contributed by atoms with Gasteiger partial charge in [0.15, 0.2) is 0 Å². The standard InChI is InChI=1S/C13H10N2/c1-9-6-10-2-3-11-7-14-5-4-12(11)13(10)8-15-9/h2-8H,1H3. The fourth-order valence-electron chi connectivity index (χ4n) is 1.91. The van der Waals surface area contributed by atoms with Crippen LogP contribution in [0, 0.1) is 6.92 Å². The molecule has 3 aromatic rings. The van der Waals surface area contributed by atoms with Crippen molar-refractivity contribution in [2.24, 2.45) is 0 Å². The van der Waals surface area contributed by atoms with Crippen molar-refractivity contribution < 1.29 is 0 Å². The molecule has 3 rings (SSSR count). The lowest BCUT2D eigenvalue weighted by atomic mass is 10.1. The van der Waals surface area contributed by atoms with Gasteiger partial charge in [-0.2, -0.15) is 0 Å². The molecule has 0 aliphatic heterocycles. The zero-order valence-corrected chi connectivity index (χ0v) is 8.44. The zero-order valence-electron chi connectivity index (χ0n) is 8.44. The first-order chi connectivity index (χ1) is 7.34. The molecule has 0 amide bonds. The quantitative estimate of drug-likeness (QED) is 0.514. The second-order valence-electron chi connectivity index (χ2n) is 3.71. The van der Waals surface area contributed by atoms with Crippen LogP contribution >= 0.6 is 0 Å². The van der Waals surface area contributed by atoms with E-state index in [1.165, 1.54) is 16.2 Å². The lowest BCUT2D eigenvalue weighted by Gasteiger charge is -2.03. The van der Waals surface area contributed by atoms with Gasteiger partial charge in [-0.15, -0.1) is 0 Å².